The minimum absolute atomic E-state index is 0.623. The zero-order valence-corrected chi connectivity index (χ0v) is 15.9. The molecule has 0 bridgehead atoms. The summed E-state index contributed by atoms with van der Waals surface area (Å²) >= 11 is 12.4. The van der Waals surface area contributed by atoms with Gasteiger partial charge < -0.3 is 0 Å². The summed E-state index contributed by atoms with van der Waals surface area (Å²) in [6.07, 6.45) is 4.48. The van der Waals surface area contributed by atoms with Crippen molar-refractivity contribution >= 4 is 39.8 Å². The summed E-state index contributed by atoms with van der Waals surface area (Å²) in [5.41, 5.74) is 5.04. The first kappa shape index (κ1) is 17.7. The summed E-state index contributed by atoms with van der Waals surface area (Å²) in [6, 6.07) is 11.7. The molecule has 0 N–H and O–H groups in total. The van der Waals surface area contributed by atoms with E-state index < -0.39 is 0 Å². The minimum Gasteiger partial charge on any atom is -0.271 e. The van der Waals surface area contributed by atoms with Crippen LogP contribution in [-0.4, -0.2) is 15.5 Å². The molecule has 1 aromatic heterocycles. The van der Waals surface area contributed by atoms with Crippen LogP contribution in [0.5, 0.6) is 0 Å². The van der Waals surface area contributed by atoms with Crippen LogP contribution in [-0.2, 0) is 13.5 Å². The molecule has 0 aliphatic carbocycles. The molecule has 0 saturated carbocycles. The Morgan fingerprint density at radius 2 is 2.00 bits per heavy atom. The monoisotopic (exact) mass is 371 g/mol. The van der Waals surface area contributed by atoms with Crippen LogP contribution in [0, 0.1) is 0 Å². The third-order valence-electron chi connectivity index (χ3n) is 4.08. The molecule has 2 aromatic carbocycles. The van der Waals surface area contributed by atoms with Crippen molar-refractivity contribution in [2.24, 2.45) is 12.0 Å². The molecule has 0 radical (unpaired) electrons. The van der Waals surface area contributed by atoms with Gasteiger partial charge in [0.2, 0.25) is 0 Å². The second kappa shape index (κ2) is 7.42. The summed E-state index contributed by atoms with van der Waals surface area (Å²) in [5.74, 6) is 0. The van der Waals surface area contributed by atoms with Crippen molar-refractivity contribution in [2.75, 3.05) is 0 Å². The van der Waals surface area contributed by atoms with Gasteiger partial charge in [-0.05, 0) is 26.0 Å². The van der Waals surface area contributed by atoms with Crippen LogP contribution in [0.4, 0.5) is 0 Å². The molecule has 0 aliphatic rings. The molecule has 5 heteroatoms. The van der Waals surface area contributed by atoms with Crippen molar-refractivity contribution < 1.29 is 0 Å². The Bertz CT molecular complexity index is 984. The van der Waals surface area contributed by atoms with E-state index in [4.69, 9.17) is 28.3 Å². The molecule has 128 valence electrons. The van der Waals surface area contributed by atoms with Gasteiger partial charge >= 0.3 is 0 Å². The van der Waals surface area contributed by atoms with E-state index in [-0.39, 0.29) is 0 Å². The molecule has 0 unspecified atom stereocenters. The average Bonchev–Trinajstić information content (AvgIpc) is 2.89. The summed E-state index contributed by atoms with van der Waals surface area (Å²) in [7, 11) is 1.96. The molecule has 25 heavy (non-hydrogen) atoms. The van der Waals surface area contributed by atoms with E-state index in [0.717, 1.165) is 39.9 Å². The van der Waals surface area contributed by atoms with Gasteiger partial charge in [-0.15, -0.1) is 0 Å². The number of aliphatic imine (C=N–C) groups is 1. The Kier molecular flexibility index (Phi) is 5.26. The third-order valence-corrected chi connectivity index (χ3v) is 4.62. The van der Waals surface area contributed by atoms with E-state index >= 15 is 0 Å². The van der Waals surface area contributed by atoms with Crippen molar-refractivity contribution in [3.05, 3.63) is 64.4 Å². The van der Waals surface area contributed by atoms with E-state index in [0.29, 0.717) is 10.0 Å². The molecule has 0 saturated heterocycles. The highest BCUT2D eigenvalue weighted by Crippen LogP contribution is 2.35. The number of aryl methyl sites for hydroxylation is 1. The average molecular weight is 372 g/mol. The fourth-order valence-corrected chi connectivity index (χ4v) is 3.40. The van der Waals surface area contributed by atoms with Gasteiger partial charge in [0.15, 0.2) is 0 Å². The molecule has 3 rings (SSSR count). The molecular weight excluding hydrogens is 353 g/mol. The second-order valence-electron chi connectivity index (χ2n) is 5.92. The third kappa shape index (κ3) is 3.63. The molecule has 1 heterocycles. The Balaban J connectivity index is 2.14. The smallest absolute Gasteiger partial charge is 0.100 e. The minimum atomic E-state index is 0.623. The number of hydrogen-bond acceptors (Lipinski definition) is 2. The summed E-state index contributed by atoms with van der Waals surface area (Å²) in [6.45, 7) is 3.98. The number of hydrogen-bond donors (Lipinski definition) is 0. The van der Waals surface area contributed by atoms with E-state index in [9.17, 15) is 0 Å². The fraction of sp³-hybridized carbons (Fsp3) is 0.200. The van der Waals surface area contributed by atoms with E-state index in [1.807, 2.05) is 62.1 Å². The van der Waals surface area contributed by atoms with E-state index in [1.165, 1.54) is 0 Å². The lowest BCUT2D eigenvalue weighted by Crippen LogP contribution is -2.04. The first-order valence-electron chi connectivity index (χ1n) is 8.05. The van der Waals surface area contributed by atoms with Crippen LogP contribution >= 0.6 is 23.2 Å². The first-order chi connectivity index (χ1) is 12.0. The lowest BCUT2D eigenvalue weighted by molar-refractivity contribution is 0.742. The van der Waals surface area contributed by atoms with Crippen LogP contribution in [0.25, 0.3) is 22.0 Å². The van der Waals surface area contributed by atoms with E-state index in [1.54, 1.807) is 6.07 Å². The quantitative estimate of drug-likeness (QED) is 0.510. The van der Waals surface area contributed by atoms with Crippen LogP contribution < -0.4 is 0 Å². The predicted molar refractivity (Wildman–Crippen MR) is 108 cm³/mol. The molecule has 0 spiro atoms. The van der Waals surface area contributed by atoms with Crippen molar-refractivity contribution in [1.82, 2.24) is 9.78 Å². The van der Waals surface area contributed by atoms with Gasteiger partial charge in [-0.1, -0.05) is 53.5 Å². The van der Waals surface area contributed by atoms with Crippen LogP contribution in [0.15, 0.2) is 53.7 Å². The van der Waals surface area contributed by atoms with Crippen LogP contribution in [0.2, 0.25) is 10.0 Å². The van der Waals surface area contributed by atoms with Crippen molar-refractivity contribution in [2.45, 2.75) is 20.3 Å². The molecule has 0 atom stereocenters. The number of allylic oxidation sites excluding steroid dienone is 1. The SMILES string of the molecule is C/C=C\N=C(C)Cc1c2cccc(-c3ccc(Cl)cc3Cl)c2nn1C. The predicted octanol–water partition coefficient (Wildman–Crippen LogP) is 6.08. The van der Waals surface area contributed by atoms with Crippen molar-refractivity contribution in [3.8, 4) is 11.1 Å². The van der Waals surface area contributed by atoms with Crippen LogP contribution in [0.1, 0.15) is 19.5 Å². The maximum absolute atomic E-state index is 6.41. The second-order valence-corrected chi connectivity index (χ2v) is 6.76. The first-order valence-corrected chi connectivity index (χ1v) is 8.81. The molecular formula is C20H19Cl2N3. The van der Waals surface area contributed by atoms with Crippen molar-refractivity contribution in [3.63, 3.8) is 0 Å². The number of halogens is 2. The van der Waals surface area contributed by atoms with Gasteiger partial charge in [-0.3, -0.25) is 9.67 Å². The Hall–Kier alpha value is -2.10. The topological polar surface area (TPSA) is 30.2 Å². The largest absolute Gasteiger partial charge is 0.271 e. The zero-order valence-electron chi connectivity index (χ0n) is 14.4. The number of benzene rings is 2. The number of fused-ring (bicyclic) bond motifs is 1. The highest BCUT2D eigenvalue weighted by Gasteiger charge is 2.15. The lowest BCUT2D eigenvalue weighted by atomic mass is 10.0. The number of aromatic nitrogens is 2. The van der Waals surface area contributed by atoms with Gasteiger partial charge in [-0.25, -0.2) is 0 Å². The van der Waals surface area contributed by atoms with Gasteiger partial charge in [-0.2, -0.15) is 5.10 Å². The van der Waals surface area contributed by atoms with E-state index in [2.05, 4.69) is 11.1 Å². The summed E-state index contributed by atoms with van der Waals surface area (Å²) < 4.78 is 1.92. The molecule has 0 aliphatic heterocycles. The van der Waals surface area contributed by atoms with Gasteiger partial charge in [0.25, 0.3) is 0 Å². The molecule has 3 nitrogen and oxygen atoms in total. The van der Waals surface area contributed by atoms with Crippen LogP contribution in [0.3, 0.4) is 0 Å². The normalized spacial score (nSPS) is 12.4. The maximum atomic E-state index is 6.41. The summed E-state index contributed by atoms with van der Waals surface area (Å²) in [4.78, 5) is 4.43. The van der Waals surface area contributed by atoms with Gasteiger partial charge in [0.05, 0.1) is 5.69 Å². The Labute approximate surface area is 157 Å². The highest BCUT2D eigenvalue weighted by atomic mass is 35.5. The maximum Gasteiger partial charge on any atom is 0.100 e. The molecule has 3 aromatic rings. The van der Waals surface area contributed by atoms with Gasteiger partial charge in [0.1, 0.15) is 5.52 Å². The zero-order chi connectivity index (χ0) is 18.0. The standard InChI is InChI=1S/C20H19Cl2N3/c1-4-10-23-13(2)11-19-17-7-5-6-16(20(17)24-25(19)3)15-9-8-14(21)12-18(15)22/h4-10,12H,11H2,1-3H3/b10-4-,23-13?. The lowest BCUT2D eigenvalue weighted by Gasteiger charge is -2.06. The van der Waals surface area contributed by atoms with Crippen molar-refractivity contribution in [1.29, 1.82) is 0 Å². The Morgan fingerprint density at radius 3 is 2.72 bits per heavy atom. The highest BCUT2D eigenvalue weighted by molar-refractivity contribution is 6.36. The number of rotatable bonds is 4. The number of nitrogens with zero attached hydrogens (tertiary/aromatic N) is 3. The Morgan fingerprint density at radius 1 is 1.20 bits per heavy atom. The molecule has 0 amide bonds. The van der Waals surface area contributed by atoms with Gasteiger partial charge in [0, 0.05) is 51.9 Å². The molecule has 0 fully saturated rings. The fourth-order valence-electron chi connectivity index (χ4n) is 2.89. The summed E-state index contributed by atoms with van der Waals surface area (Å²) in [5, 5.41) is 7.10.